The van der Waals surface area contributed by atoms with Crippen LogP contribution in [-0.4, -0.2) is 50.8 Å². The Morgan fingerprint density at radius 2 is 1.81 bits per heavy atom. The van der Waals surface area contributed by atoms with Gasteiger partial charge < -0.3 is 19.4 Å². The number of hydrogen-bond donors (Lipinski definition) is 2. The van der Waals surface area contributed by atoms with E-state index in [4.69, 9.17) is 14.3 Å². The maximum absolute atomic E-state index is 9.52. The van der Waals surface area contributed by atoms with E-state index in [9.17, 15) is 5.11 Å². The van der Waals surface area contributed by atoms with Crippen LogP contribution >= 0.6 is 0 Å². The number of nitrogens with one attached hydrogen (secondary N) is 1. The van der Waals surface area contributed by atoms with Gasteiger partial charge in [0.2, 0.25) is 0 Å². The number of ether oxygens (including phenoxy) is 2. The molecule has 0 radical (unpaired) electrons. The van der Waals surface area contributed by atoms with Crippen LogP contribution in [0.2, 0.25) is 0 Å². The van der Waals surface area contributed by atoms with Crippen molar-refractivity contribution >= 4 is 0 Å². The van der Waals surface area contributed by atoms with E-state index in [1.54, 1.807) is 7.11 Å². The minimum Gasteiger partial charge on any atom is -0.389 e. The van der Waals surface area contributed by atoms with Crippen LogP contribution in [0.25, 0.3) is 0 Å². The highest BCUT2D eigenvalue weighted by atomic mass is 16.6. The Kier molecular flexibility index (Phi) is 9.86. The molecule has 0 saturated carbocycles. The molecule has 0 rings (SSSR count). The summed E-state index contributed by atoms with van der Waals surface area (Å²) in [6.45, 7) is 7.84. The summed E-state index contributed by atoms with van der Waals surface area (Å²) in [6.07, 6.45) is -0.567. The van der Waals surface area contributed by atoms with Gasteiger partial charge in [0.1, 0.15) is 0 Å². The molecule has 0 spiro atoms. The summed E-state index contributed by atoms with van der Waals surface area (Å²) in [4.78, 5) is 5.13. The minimum atomic E-state index is -0.563. The van der Waals surface area contributed by atoms with Crippen LogP contribution in [0.15, 0.2) is 0 Å². The minimum absolute atomic E-state index is 0.00349. The number of aliphatic hydroxyl groups excluding tert-OH is 1. The molecule has 0 fully saturated rings. The fourth-order valence-electron chi connectivity index (χ4n) is 0.998. The summed E-state index contributed by atoms with van der Waals surface area (Å²) in [6, 6.07) is 0. The zero-order valence-electron chi connectivity index (χ0n) is 10.7. The molecule has 0 aromatic carbocycles. The van der Waals surface area contributed by atoms with Crippen molar-refractivity contribution in [3.63, 3.8) is 0 Å². The molecule has 0 aromatic heterocycles. The molecule has 0 heterocycles. The summed E-state index contributed by atoms with van der Waals surface area (Å²) in [5.41, 5.74) is 2.71. The standard InChI is InChI=1S/C11H25NO4/c1-9(2)6-16-12-5-11(13)8-15-10(3)7-14-4/h9-13H,5-8H2,1-4H3. The molecule has 0 amide bonds. The summed E-state index contributed by atoms with van der Waals surface area (Å²) in [5.74, 6) is 0.475. The van der Waals surface area contributed by atoms with Gasteiger partial charge in [0.05, 0.1) is 32.0 Å². The molecule has 2 unspecified atom stereocenters. The third kappa shape index (κ3) is 10.3. The maximum Gasteiger partial charge on any atom is 0.0921 e. The van der Waals surface area contributed by atoms with Gasteiger partial charge in [-0.15, -0.1) is 0 Å². The first-order valence-corrected chi connectivity index (χ1v) is 5.69. The highest BCUT2D eigenvalue weighted by Gasteiger charge is 2.07. The van der Waals surface area contributed by atoms with Gasteiger partial charge in [-0.2, -0.15) is 5.48 Å². The van der Waals surface area contributed by atoms with Gasteiger partial charge in [0.25, 0.3) is 0 Å². The van der Waals surface area contributed by atoms with Crippen molar-refractivity contribution in [1.29, 1.82) is 0 Å². The second-order valence-corrected chi connectivity index (χ2v) is 4.31. The molecule has 0 bridgehead atoms. The van der Waals surface area contributed by atoms with Gasteiger partial charge in [0, 0.05) is 13.7 Å². The SMILES string of the molecule is COCC(C)OCC(O)CNOCC(C)C. The highest BCUT2D eigenvalue weighted by Crippen LogP contribution is 1.94. The van der Waals surface area contributed by atoms with Crippen molar-refractivity contribution < 1.29 is 19.4 Å². The van der Waals surface area contributed by atoms with E-state index >= 15 is 0 Å². The smallest absolute Gasteiger partial charge is 0.0921 e. The molecule has 0 saturated heterocycles. The number of methoxy groups -OCH3 is 1. The first-order valence-electron chi connectivity index (χ1n) is 5.69. The predicted octanol–water partition coefficient (Wildman–Crippen LogP) is 0.576. The summed E-state index contributed by atoms with van der Waals surface area (Å²) >= 11 is 0. The van der Waals surface area contributed by atoms with E-state index in [1.165, 1.54) is 0 Å². The second-order valence-electron chi connectivity index (χ2n) is 4.31. The number of hydroxylamine groups is 1. The summed E-state index contributed by atoms with van der Waals surface area (Å²) < 4.78 is 10.3. The normalized spacial score (nSPS) is 15.4. The molecule has 2 N–H and O–H groups in total. The number of rotatable bonds is 10. The van der Waals surface area contributed by atoms with Crippen molar-refractivity contribution in [1.82, 2.24) is 5.48 Å². The molecule has 2 atom stereocenters. The lowest BCUT2D eigenvalue weighted by Gasteiger charge is -2.16. The fourth-order valence-corrected chi connectivity index (χ4v) is 0.998. The third-order valence-electron chi connectivity index (χ3n) is 1.81. The van der Waals surface area contributed by atoms with Crippen molar-refractivity contribution in [3.05, 3.63) is 0 Å². The monoisotopic (exact) mass is 235 g/mol. The first-order chi connectivity index (χ1) is 7.56. The van der Waals surface area contributed by atoms with Crippen LogP contribution in [0, 0.1) is 5.92 Å². The van der Waals surface area contributed by atoms with Crippen LogP contribution in [0.4, 0.5) is 0 Å². The van der Waals surface area contributed by atoms with Crippen LogP contribution in [-0.2, 0) is 14.3 Å². The molecule has 0 aliphatic rings. The van der Waals surface area contributed by atoms with Crippen LogP contribution in [0.5, 0.6) is 0 Å². The van der Waals surface area contributed by atoms with Gasteiger partial charge in [0.15, 0.2) is 0 Å². The average Bonchev–Trinajstić information content (AvgIpc) is 2.22. The largest absolute Gasteiger partial charge is 0.389 e. The fraction of sp³-hybridized carbons (Fsp3) is 1.00. The van der Waals surface area contributed by atoms with E-state index in [1.807, 2.05) is 6.92 Å². The van der Waals surface area contributed by atoms with Gasteiger partial charge in [-0.05, 0) is 12.8 Å². The van der Waals surface area contributed by atoms with E-state index in [-0.39, 0.29) is 12.7 Å². The van der Waals surface area contributed by atoms with Crippen LogP contribution in [0.3, 0.4) is 0 Å². The Labute approximate surface area is 98.0 Å². The highest BCUT2D eigenvalue weighted by molar-refractivity contribution is 4.56. The van der Waals surface area contributed by atoms with E-state index in [2.05, 4.69) is 19.3 Å². The van der Waals surface area contributed by atoms with Crippen molar-refractivity contribution in [2.75, 3.05) is 33.5 Å². The number of hydrogen-bond acceptors (Lipinski definition) is 5. The molecule has 0 aliphatic heterocycles. The summed E-state index contributed by atoms with van der Waals surface area (Å²) in [7, 11) is 1.62. The first kappa shape index (κ1) is 15.8. The summed E-state index contributed by atoms with van der Waals surface area (Å²) in [5, 5.41) is 9.52. The van der Waals surface area contributed by atoms with Crippen molar-refractivity contribution in [3.8, 4) is 0 Å². The Balaban J connectivity index is 3.33. The van der Waals surface area contributed by atoms with Gasteiger partial charge in [-0.3, -0.25) is 0 Å². The molecule has 16 heavy (non-hydrogen) atoms. The average molecular weight is 235 g/mol. The molecule has 0 aromatic rings. The van der Waals surface area contributed by atoms with Gasteiger partial charge >= 0.3 is 0 Å². The van der Waals surface area contributed by atoms with Crippen molar-refractivity contribution in [2.24, 2.45) is 5.92 Å². The predicted molar refractivity (Wildman–Crippen MR) is 62.1 cm³/mol. The lowest BCUT2D eigenvalue weighted by Crippen LogP contribution is -2.33. The Morgan fingerprint density at radius 1 is 1.12 bits per heavy atom. The lowest BCUT2D eigenvalue weighted by atomic mass is 10.2. The Morgan fingerprint density at radius 3 is 2.38 bits per heavy atom. The van der Waals surface area contributed by atoms with Crippen molar-refractivity contribution in [2.45, 2.75) is 33.0 Å². The molecular formula is C11H25NO4. The van der Waals surface area contributed by atoms with Gasteiger partial charge in [-0.1, -0.05) is 13.8 Å². The molecule has 98 valence electrons. The zero-order valence-corrected chi connectivity index (χ0v) is 10.7. The van der Waals surface area contributed by atoms with Crippen LogP contribution < -0.4 is 5.48 Å². The maximum atomic E-state index is 9.52. The quantitative estimate of drug-likeness (QED) is 0.428. The molecule has 5 nitrogen and oxygen atoms in total. The Hall–Kier alpha value is -0.200. The van der Waals surface area contributed by atoms with E-state index < -0.39 is 6.10 Å². The van der Waals surface area contributed by atoms with E-state index in [0.717, 1.165) is 0 Å². The molecule has 5 heteroatoms. The number of aliphatic hydroxyl groups is 1. The topological polar surface area (TPSA) is 60.0 Å². The van der Waals surface area contributed by atoms with Crippen LogP contribution in [0.1, 0.15) is 20.8 Å². The third-order valence-corrected chi connectivity index (χ3v) is 1.81. The Bertz CT molecular complexity index is 155. The zero-order chi connectivity index (χ0) is 12.4. The molecular weight excluding hydrogens is 210 g/mol. The van der Waals surface area contributed by atoms with E-state index in [0.29, 0.717) is 25.7 Å². The van der Waals surface area contributed by atoms with Gasteiger partial charge in [-0.25, -0.2) is 0 Å². The molecule has 0 aliphatic carbocycles. The second kappa shape index (κ2) is 9.99. The lowest BCUT2D eigenvalue weighted by molar-refractivity contribution is -0.0515.